The van der Waals surface area contributed by atoms with E-state index in [2.05, 4.69) is 5.32 Å². The van der Waals surface area contributed by atoms with Gasteiger partial charge in [0.15, 0.2) is 11.5 Å². The maximum atomic E-state index is 13.3. The molecule has 4 aromatic carbocycles. The fourth-order valence-corrected chi connectivity index (χ4v) is 4.68. The van der Waals surface area contributed by atoms with Crippen LogP contribution < -0.4 is 24.3 Å². The highest BCUT2D eigenvalue weighted by molar-refractivity contribution is 5.89. The number of ether oxygens (including phenoxy) is 4. The fourth-order valence-electron chi connectivity index (χ4n) is 4.68. The molecule has 0 radical (unpaired) electrons. The zero-order valence-electron chi connectivity index (χ0n) is 24.0. The molecule has 0 unspecified atom stereocenters. The Labute approximate surface area is 250 Å². The molecule has 0 bridgehead atoms. The molecule has 5 rings (SSSR count). The van der Waals surface area contributed by atoms with E-state index in [-0.39, 0.29) is 19.2 Å². The number of nitrogens with zero attached hydrogens (tertiary/aromatic N) is 1. The van der Waals surface area contributed by atoms with Crippen molar-refractivity contribution in [3.8, 4) is 23.0 Å². The third kappa shape index (κ3) is 7.97. The molecule has 1 aliphatic rings. The Morgan fingerprint density at radius 2 is 1.56 bits per heavy atom. The molecule has 0 spiro atoms. The van der Waals surface area contributed by atoms with Crippen molar-refractivity contribution in [1.29, 1.82) is 0 Å². The molecule has 0 saturated carbocycles. The van der Waals surface area contributed by atoms with Crippen molar-refractivity contribution in [2.45, 2.75) is 31.9 Å². The molecule has 0 saturated heterocycles. The number of hydrogen-bond acceptors (Lipinski definition) is 6. The monoisotopic (exact) mass is 583 g/mol. The predicted octanol–water partition coefficient (Wildman–Crippen LogP) is 5.55. The van der Waals surface area contributed by atoms with Gasteiger partial charge in [-0.1, -0.05) is 60.7 Å². The average Bonchev–Trinajstić information content (AvgIpc) is 3.48. The molecule has 9 nitrogen and oxygen atoms in total. The van der Waals surface area contributed by atoms with Gasteiger partial charge in [-0.3, -0.25) is 0 Å². The predicted molar refractivity (Wildman–Crippen MR) is 163 cm³/mol. The van der Waals surface area contributed by atoms with Crippen molar-refractivity contribution in [2.75, 3.05) is 25.3 Å². The average molecular weight is 584 g/mol. The number of fused-ring (bicyclic) bond motifs is 1. The molecule has 0 aliphatic carbocycles. The van der Waals surface area contributed by atoms with Crippen LogP contribution in [0.5, 0.6) is 23.0 Å². The molecule has 4 aromatic rings. The lowest BCUT2D eigenvalue weighted by Crippen LogP contribution is -2.43. The summed E-state index contributed by atoms with van der Waals surface area (Å²) >= 11 is 0. The molecule has 2 amide bonds. The molecule has 0 fully saturated rings. The molecule has 0 aromatic heterocycles. The second kappa shape index (κ2) is 13.7. The Hall–Kier alpha value is -5.18. The van der Waals surface area contributed by atoms with Crippen molar-refractivity contribution >= 4 is 17.7 Å². The molecule has 3 N–H and O–H groups in total. The van der Waals surface area contributed by atoms with Gasteiger partial charge in [0.05, 0.1) is 6.61 Å². The number of para-hydroxylation sites is 1. The number of carbonyl (C=O) groups is 2. The van der Waals surface area contributed by atoms with Gasteiger partial charge in [0, 0.05) is 36.1 Å². The normalized spacial score (nSPS) is 13.0. The van der Waals surface area contributed by atoms with Gasteiger partial charge in [-0.05, 0) is 60.9 Å². The van der Waals surface area contributed by atoms with Gasteiger partial charge in [0.1, 0.15) is 11.5 Å². The third-order valence-corrected chi connectivity index (χ3v) is 7.00. The van der Waals surface area contributed by atoms with Crippen LogP contribution >= 0.6 is 0 Å². The Morgan fingerprint density at radius 1 is 0.860 bits per heavy atom. The lowest BCUT2D eigenvalue weighted by atomic mass is 9.96. The smallest absolute Gasteiger partial charge is 0.560 e. The number of hydrogen-bond donors (Lipinski definition) is 1. The van der Waals surface area contributed by atoms with Gasteiger partial charge in [-0.2, -0.15) is 0 Å². The summed E-state index contributed by atoms with van der Waals surface area (Å²) in [6, 6.07) is 31.4. The molecule has 1 aliphatic heterocycles. The van der Waals surface area contributed by atoms with Crippen molar-refractivity contribution in [1.82, 2.24) is 4.90 Å². The second-order valence-corrected chi connectivity index (χ2v) is 10.4. The van der Waals surface area contributed by atoms with Crippen molar-refractivity contribution in [2.24, 2.45) is 0 Å². The van der Waals surface area contributed by atoms with Gasteiger partial charge in [-0.15, -0.1) is 0 Å². The Kier molecular flexibility index (Phi) is 9.31. The van der Waals surface area contributed by atoms with Gasteiger partial charge < -0.3 is 34.3 Å². The number of anilines is 1. The lowest BCUT2D eigenvalue weighted by Gasteiger charge is -2.24. The van der Waals surface area contributed by atoms with E-state index >= 15 is 0 Å². The number of rotatable bonds is 13. The van der Waals surface area contributed by atoms with Crippen molar-refractivity contribution in [3.63, 3.8) is 0 Å². The minimum atomic E-state index is -1.31. The van der Waals surface area contributed by atoms with E-state index < -0.39 is 11.6 Å². The number of carbonyl (C=O) groups excluding carboxylic acids is 2. The molecule has 9 heteroatoms. The zero-order valence-corrected chi connectivity index (χ0v) is 24.0. The fraction of sp³-hybridized carbons (Fsp3) is 0.235. The maximum absolute atomic E-state index is 13.3. The summed E-state index contributed by atoms with van der Waals surface area (Å²) in [5.41, 5.74) is 1.18. The van der Waals surface area contributed by atoms with E-state index in [9.17, 15) is 9.59 Å². The summed E-state index contributed by atoms with van der Waals surface area (Å²) in [7, 11) is 0. The molecule has 1 heterocycles. The Morgan fingerprint density at radius 3 is 2.28 bits per heavy atom. The first-order chi connectivity index (χ1) is 20.9. The van der Waals surface area contributed by atoms with E-state index in [0.717, 1.165) is 11.1 Å². The first kappa shape index (κ1) is 29.3. The number of benzene rings is 4. The largest absolute Gasteiger partial charge is 0.562 e. The Bertz CT molecular complexity index is 1510. The highest BCUT2D eigenvalue weighted by Gasteiger charge is 2.43. The first-order valence-electron chi connectivity index (χ1n) is 14.1. The van der Waals surface area contributed by atoms with E-state index in [1.165, 1.54) is 0 Å². The topological polar surface area (TPSA) is 109 Å². The summed E-state index contributed by atoms with van der Waals surface area (Å²) in [6.07, 6.45) is 0.858. The van der Waals surface area contributed by atoms with Gasteiger partial charge in [0.2, 0.25) is 6.79 Å². The summed E-state index contributed by atoms with van der Waals surface area (Å²) < 4.78 is 22.7. The maximum Gasteiger partial charge on any atom is 0.560 e. The highest BCUT2D eigenvalue weighted by atomic mass is 16.7. The summed E-state index contributed by atoms with van der Waals surface area (Å²) in [4.78, 5) is 27.2. The quantitative estimate of drug-likeness (QED) is 0.163. The summed E-state index contributed by atoms with van der Waals surface area (Å²) in [5, 5.41) is 10.7. The van der Waals surface area contributed by atoms with Crippen LogP contribution in [-0.2, 0) is 17.8 Å². The van der Waals surface area contributed by atoms with E-state index in [1.54, 1.807) is 42.2 Å². The van der Waals surface area contributed by atoms with Crippen LogP contribution in [0.1, 0.15) is 24.5 Å². The minimum Gasteiger partial charge on any atom is -0.562 e. The zero-order chi connectivity index (χ0) is 30.1. The molecular weight excluding hydrogens is 548 g/mol. The summed E-state index contributed by atoms with van der Waals surface area (Å²) in [6.45, 7) is 3.13. The number of urea groups is 1. The SMILES string of the molecule is C[C@@](Cc1ccc(OCCCN(Cc2ccccc2)C(=O)Nc2ccc3c(c2)OCO3)cc1)(Oc1ccccc1)C(=O)[OH2+]. The summed E-state index contributed by atoms with van der Waals surface area (Å²) in [5.74, 6) is 1.68. The van der Waals surface area contributed by atoms with Crippen molar-refractivity contribution < 1.29 is 33.6 Å². The second-order valence-electron chi connectivity index (χ2n) is 10.4. The van der Waals surface area contributed by atoms with Gasteiger partial charge in [0.25, 0.3) is 5.60 Å². The van der Waals surface area contributed by atoms with E-state index in [4.69, 9.17) is 24.1 Å². The molecule has 43 heavy (non-hydrogen) atoms. The molecule has 1 atom stereocenters. The van der Waals surface area contributed by atoms with Crippen LogP contribution in [-0.4, -0.2) is 47.6 Å². The molecule has 222 valence electrons. The number of nitrogens with one attached hydrogen (secondary N) is 1. The van der Waals surface area contributed by atoms with Gasteiger partial charge >= 0.3 is 12.0 Å². The van der Waals surface area contributed by atoms with Crippen LogP contribution in [0.4, 0.5) is 10.5 Å². The highest BCUT2D eigenvalue weighted by Crippen LogP contribution is 2.34. The van der Waals surface area contributed by atoms with Crippen LogP contribution in [0.3, 0.4) is 0 Å². The van der Waals surface area contributed by atoms with Crippen LogP contribution in [0.15, 0.2) is 103 Å². The molecular formula is C34H35N2O7+. The standard InChI is InChI=1S/C34H34N2O7/c1-34(32(37)38,43-29-11-6-3-7-12-29)22-25-13-16-28(17-14-25)40-20-8-19-36(23-26-9-4-2-5-10-26)33(39)35-27-15-18-30-31(21-27)42-24-41-30/h2-7,9-18,21H,8,19-20,22-24H2,1H3,(H,35,39)(H,37,38)/p+1/t34-/m0/s1. The minimum absolute atomic E-state index is 0.169. The van der Waals surface area contributed by atoms with Crippen LogP contribution in [0.2, 0.25) is 0 Å². The van der Waals surface area contributed by atoms with E-state index in [1.807, 2.05) is 72.8 Å². The Balaban J connectivity index is 1.15. The van der Waals surface area contributed by atoms with Crippen LogP contribution in [0, 0.1) is 0 Å². The first-order valence-corrected chi connectivity index (χ1v) is 14.1. The third-order valence-electron chi connectivity index (χ3n) is 7.00. The number of amides is 2. The van der Waals surface area contributed by atoms with Crippen molar-refractivity contribution in [3.05, 3.63) is 114 Å². The van der Waals surface area contributed by atoms with E-state index in [0.29, 0.717) is 54.8 Å². The van der Waals surface area contributed by atoms with Gasteiger partial charge in [-0.25, -0.2) is 4.79 Å². The lowest BCUT2D eigenvalue weighted by molar-refractivity contribution is -0.153. The van der Waals surface area contributed by atoms with Crippen LogP contribution in [0.25, 0.3) is 0 Å².